The maximum absolute atomic E-state index is 13.1. The van der Waals surface area contributed by atoms with Crippen molar-refractivity contribution in [2.45, 2.75) is 25.7 Å². The van der Waals surface area contributed by atoms with Crippen molar-refractivity contribution in [3.05, 3.63) is 87.5 Å². The molecule has 0 fully saturated rings. The first kappa shape index (κ1) is 23.7. The zero-order chi connectivity index (χ0) is 24.0. The van der Waals surface area contributed by atoms with E-state index in [9.17, 15) is 18.5 Å². The van der Waals surface area contributed by atoms with Gasteiger partial charge in [-0.3, -0.25) is 20.3 Å². The van der Waals surface area contributed by atoms with Gasteiger partial charge < -0.3 is 4.74 Å². The molecular formula is C23H24N4O5S. The number of ether oxygens (including phenoxy) is 1. The average Bonchev–Trinajstić information content (AvgIpc) is 2.77. The number of hydrazone groups is 1. The molecule has 0 spiro atoms. The molecule has 10 heteroatoms. The maximum atomic E-state index is 13.1. The number of benzene rings is 3. The summed E-state index contributed by atoms with van der Waals surface area (Å²) in [5.74, 6) is 0.726. The second kappa shape index (κ2) is 10.1. The van der Waals surface area contributed by atoms with Gasteiger partial charge in [-0.25, -0.2) is 8.42 Å². The summed E-state index contributed by atoms with van der Waals surface area (Å²) in [6.45, 7) is 6.13. The van der Waals surface area contributed by atoms with Crippen LogP contribution in [0.5, 0.6) is 5.75 Å². The minimum atomic E-state index is -4.15. The van der Waals surface area contributed by atoms with Crippen molar-refractivity contribution < 1.29 is 18.1 Å². The number of sulfonamides is 1. The normalized spacial score (nSPS) is 11.4. The van der Waals surface area contributed by atoms with Gasteiger partial charge in [0.2, 0.25) is 0 Å². The number of nitro benzene ring substituents is 1. The van der Waals surface area contributed by atoms with Crippen LogP contribution in [0.25, 0.3) is 0 Å². The van der Waals surface area contributed by atoms with Gasteiger partial charge in [-0.1, -0.05) is 17.7 Å². The summed E-state index contributed by atoms with van der Waals surface area (Å²) in [5, 5.41) is 15.3. The molecule has 2 N–H and O–H groups in total. The van der Waals surface area contributed by atoms with Crippen LogP contribution >= 0.6 is 0 Å². The molecule has 0 unspecified atom stereocenters. The van der Waals surface area contributed by atoms with E-state index in [0.29, 0.717) is 12.3 Å². The van der Waals surface area contributed by atoms with Crippen LogP contribution in [0.2, 0.25) is 0 Å². The molecule has 0 saturated carbocycles. The molecule has 0 saturated heterocycles. The van der Waals surface area contributed by atoms with Crippen LogP contribution in [0.4, 0.5) is 17.1 Å². The third-order valence-corrected chi connectivity index (χ3v) is 6.09. The minimum Gasteiger partial charge on any atom is -0.494 e. The van der Waals surface area contributed by atoms with E-state index >= 15 is 0 Å². The fraction of sp³-hybridized carbons (Fsp3) is 0.174. The fourth-order valence-corrected chi connectivity index (χ4v) is 4.37. The Kier molecular flexibility index (Phi) is 7.29. The molecule has 0 amide bonds. The predicted molar refractivity (Wildman–Crippen MR) is 129 cm³/mol. The van der Waals surface area contributed by atoms with E-state index in [4.69, 9.17) is 4.74 Å². The standard InChI is InChI=1S/C23H24N4O5S/c1-4-32-20-9-6-18(7-10-20)15-24-25-22-12-8-19(27(28)29)14-23(22)33(30,31)26-21-11-5-16(2)13-17(21)3/h5-15,25-26H,4H2,1-3H3. The van der Waals surface area contributed by atoms with Gasteiger partial charge >= 0.3 is 0 Å². The monoisotopic (exact) mass is 468 g/mol. The lowest BCUT2D eigenvalue weighted by molar-refractivity contribution is -0.385. The molecule has 0 aliphatic carbocycles. The number of anilines is 2. The van der Waals surface area contributed by atoms with E-state index in [2.05, 4.69) is 15.2 Å². The van der Waals surface area contributed by atoms with Crippen molar-refractivity contribution >= 4 is 33.3 Å². The van der Waals surface area contributed by atoms with Crippen molar-refractivity contribution in [2.75, 3.05) is 16.8 Å². The van der Waals surface area contributed by atoms with Gasteiger partial charge in [-0.2, -0.15) is 5.10 Å². The molecule has 0 heterocycles. The lowest BCUT2D eigenvalue weighted by atomic mass is 10.1. The number of aryl methyl sites for hydroxylation is 2. The number of nitro groups is 1. The van der Waals surface area contributed by atoms with E-state index in [-0.39, 0.29) is 16.3 Å². The highest BCUT2D eigenvalue weighted by atomic mass is 32.2. The Morgan fingerprint density at radius 1 is 1.03 bits per heavy atom. The number of non-ortho nitro benzene ring substituents is 1. The molecule has 0 radical (unpaired) electrons. The second-order valence-electron chi connectivity index (χ2n) is 7.23. The first-order valence-corrected chi connectivity index (χ1v) is 11.6. The number of hydrogen-bond acceptors (Lipinski definition) is 7. The highest BCUT2D eigenvalue weighted by molar-refractivity contribution is 7.92. The maximum Gasteiger partial charge on any atom is 0.270 e. The van der Waals surface area contributed by atoms with E-state index in [0.717, 1.165) is 28.5 Å². The summed E-state index contributed by atoms with van der Waals surface area (Å²) in [7, 11) is -4.15. The highest BCUT2D eigenvalue weighted by Crippen LogP contribution is 2.29. The van der Waals surface area contributed by atoms with Crippen LogP contribution in [0, 0.1) is 24.0 Å². The van der Waals surface area contributed by atoms with Gasteiger partial charge in [0.05, 0.1) is 29.1 Å². The molecule has 9 nitrogen and oxygen atoms in total. The van der Waals surface area contributed by atoms with Gasteiger partial charge in [0.15, 0.2) is 0 Å². The SMILES string of the molecule is CCOc1ccc(C=NNc2ccc([N+](=O)[O-])cc2S(=O)(=O)Nc2ccc(C)cc2C)cc1. The van der Waals surface area contributed by atoms with Crippen LogP contribution in [0.3, 0.4) is 0 Å². The molecule has 3 aromatic carbocycles. The van der Waals surface area contributed by atoms with Crippen LogP contribution in [0.15, 0.2) is 70.7 Å². The van der Waals surface area contributed by atoms with Crippen LogP contribution in [-0.2, 0) is 10.0 Å². The number of nitrogens with zero attached hydrogens (tertiary/aromatic N) is 2. The molecule has 0 atom stereocenters. The molecule has 0 aliphatic rings. The number of rotatable bonds is 9. The third kappa shape index (κ3) is 6.07. The smallest absolute Gasteiger partial charge is 0.270 e. The van der Waals surface area contributed by atoms with Crippen molar-refractivity contribution in [3.63, 3.8) is 0 Å². The van der Waals surface area contributed by atoms with Crippen LogP contribution in [0.1, 0.15) is 23.6 Å². The van der Waals surface area contributed by atoms with Crippen molar-refractivity contribution in [1.29, 1.82) is 0 Å². The van der Waals surface area contributed by atoms with E-state index in [1.807, 2.05) is 19.9 Å². The molecule has 0 aromatic heterocycles. The Bertz CT molecular complexity index is 1290. The second-order valence-corrected chi connectivity index (χ2v) is 8.88. The van der Waals surface area contributed by atoms with E-state index in [1.54, 1.807) is 43.3 Å². The summed E-state index contributed by atoms with van der Waals surface area (Å²) in [4.78, 5) is 10.3. The lowest BCUT2D eigenvalue weighted by Gasteiger charge is -2.14. The molecular weight excluding hydrogens is 444 g/mol. The van der Waals surface area contributed by atoms with Crippen LogP contribution < -0.4 is 14.9 Å². The zero-order valence-corrected chi connectivity index (χ0v) is 19.2. The number of nitrogens with one attached hydrogen (secondary N) is 2. The van der Waals surface area contributed by atoms with Crippen molar-refractivity contribution in [2.24, 2.45) is 5.10 Å². The molecule has 3 rings (SSSR count). The highest BCUT2D eigenvalue weighted by Gasteiger charge is 2.23. The van der Waals surface area contributed by atoms with Crippen molar-refractivity contribution in [1.82, 2.24) is 0 Å². The van der Waals surface area contributed by atoms with E-state index < -0.39 is 14.9 Å². The molecule has 3 aromatic rings. The topological polar surface area (TPSA) is 123 Å². The van der Waals surface area contributed by atoms with E-state index in [1.165, 1.54) is 18.3 Å². The Morgan fingerprint density at radius 3 is 2.36 bits per heavy atom. The summed E-state index contributed by atoms with van der Waals surface area (Å²) in [5.41, 5.74) is 5.28. The minimum absolute atomic E-state index is 0.0973. The predicted octanol–water partition coefficient (Wildman–Crippen LogP) is 4.86. The quantitative estimate of drug-likeness (QED) is 0.263. The van der Waals surface area contributed by atoms with Crippen molar-refractivity contribution in [3.8, 4) is 5.75 Å². The Balaban J connectivity index is 1.89. The average molecular weight is 469 g/mol. The number of hydrogen-bond donors (Lipinski definition) is 2. The first-order chi connectivity index (χ1) is 15.7. The summed E-state index contributed by atoms with van der Waals surface area (Å²) >= 11 is 0. The zero-order valence-electron chi connectivity index (χ0n) is 18.4. The summed E-state index contributed by atoms with van der Waals surface area (Å²) in [6, 6.07) is 16.0. The van der Waals surface area contributed by atoms with Gasteiger partial charge in [-0.15, -0.1) is 0 Å². The van der Waals surface area contributed by atoms with Gasteiger partial charge in [0.25, 0.3) is 15.7 Å². The molecule has 0 aliphatic heterocycles. The molecule has 0 bridgehead atoms. The molecule has 33 heavy (non-hydrogen) atoms. The largest absolute Gasteiger partial charge is 0.494 e. The summed E-state index contributed by atoms with van der Waals surface area (Å²) < 4.78 is 34.2. The third-order valence-electron chi connectivity index (χ3n) is 4.68. The van der Waals surface area contributed by atoms with Gasteiger partial charge in [0, 0.05) is 12.1 Å². The van der Waals surface area contributed by atoms with Crippen LogP contribution in [-0.4, -0.2) is 26.2 Å². The Hall–Kier alpha value is -3.92. The Labute approximate surface area is 192 Å². The lowest BCUT2D eigenvalue weighted by Crippen LogP contribution is -2.16. The van der Waals surface area contributed by atoms with Gasteiger partial charge in [-0.05, 0) is 68.3 Å². The first-order valence-electron chi connectivity index (χ1n) is 10.1. The molecule has 172 valence electrons. The van der Waals surface area contributed by atoms with Gasteiger partial charge in [0.1, 0.15) is 10.6 Å². The summed E-state index contributed by atoms with van der Waals surface area (Å²) in [6.07, 6.45) is 1.51. The fourth-order valence-electron chi connectivity index (χ4n) is 3.06. The Morgan fingerprint density at radius 2 is 1.73 bits per heavy atom.